The highest BCUT2D eigenvalue weighted by Crippen LogP contribution is 2.43. The minimum Gasteiger partial charge on any atom is -0.503 e. The third-order valence-electron chi connectivity index (χ3n) is 5.60. The number of hydrogen-bond acceptors (Lipinski definition) is 6. The first kappa shape index (κ1) is 23.7. The standard InChI is InChI=1S/C27H28N2O4S/c1-15(2)14-33-21-11-7-9-19(13-21)23-22(24(30)26-17(4)28-18(5)34-26)25(31)27(32)29(23)20-10-6-8-16(3)12-20/h6-13,15,23,31H,14H2,1-5H3. The fourth-order valence-electron chi connectivity index (χ4n) is 4.10. The summed E-state index contributed by atoms with van der Waals surface area (Å²) in [5.41, 5.74) is 2.89. The zero-order valence-electron chi connectivity index (χ0n) is 20.0. The van der Waals surface area contributed by atoms with Crippen LogP contribution >= 0.6 is 11.3 Å². The number of carbonyl (C=O) groups is 2. The Morgan fingerprint density at radius 3 is 2.53 bits per heavy atom. The maximum absolute atomic E-state index is 13.7. The summed E-state index contributed by atoms with van der Waals surface area (Å²) in [4.78, 5) is 33.3. The molecule has 0 fully saturated rings. The third kappa shape index (κ3) is 4.48. The van der Waals surface area contributed by atoms with Crippen LogP contribution in [0, 0.1) is 26.7 Å². The topological polar surface area (TPSA) is 79.7 Å². The molecule has 34 heavy (non-hydrogen) atoms. The molecule has 4 rings (SSSR count). The number of aryl methyl sites for hydroxylation is 3. The molecule has 1 N–H and O–H groups in total. The predicted octanol–water partition coefficient (Wildman–Crippen LogP) is 5.89. The van der Waals surface area contributed by atoms with E-state index in [1.807, 2.05) is 56.3 Å². The van der Waals surface area contributed by atoms with Crippen molar-refractivity contribution in [3.63, 3.8) is 0 Å². The van der Waals surface area contributed by atoms with Gasteiger partial charge in [0.25, 0.3) is 5.91 Å². The smallest absolute Gasteiger partial charge is 0.294 e. The molecule has 1 aliphatic rings. The Labute approximate surface area is 203 Å². The van der Waals surface area contributed by atoms with Crippen molar-refractivity contribution in [2.45, 2.75) is 40.7 Å². The van der Waals surface area contributed by atoms with Crippen molar-refractivity contribution in [3.8, 4) is 5.75 Å². The van der Waals surface area contributed by atoms with Gasteiger partial charge in [-0.05, 0) is 62.1 Å². The minimum atomic E-state index is -0.800. The highest BCUT2D eigenvalue weighted by molar-refractivity contribution is 7.14. The number of rotatable bonds is 7. The molecule has 7 heteroatoms. The van der Waals surface area contributed by atoms with Gasteiger partial charge in [-0.3, -0.25) is 14.5 Å². The molecule has 0 radical (unpaired) electrons. The molecular formula is C27H28N2O4S. The van der Waals surface area contributed by atoms with Gasteiger partial charge in [0.1, 0.15) is 5.75 Å². The van der Waals surface area contributed by atoms with E-state index in [1.165, 1.54) is 16.2 Å². The second kappa shape index (κ2) is 9.43. The van der Waals surface area contributed by atoms with Crippen LogP contribution in [0.25, 0.3) is 0 Å². The molecule has 0 saturated heterocycles. The lowest BCUT2D eigenvalue weighted by molar-refractivity contribution is -0.117. The molecule has 1 atom stereocenters. The number of ether oxygens (including phenoxy) is 1. The van der Waals surface area contributed by atoms with Crippen LogP contribution in [0.2, 0.25) is 0 Å². The predicted molar refractivity (Wildman–Crippen MR) is 134 cm³/mol. The Hall–Kier alpha value is -3.45. The number of benzene rings is 2. The van der Waals surface area contributed by atoms with Crippen LogP contribution in [0.3, 0.4) is 0 Å². The Bertz CT molecular complexity index is 1290. The molecule has 2 heterocycles. The lowest BCUT2D eigenvalue weighted by Crippen LogP contribution is -2.31. The molecule has 0 spiro atoms. The number of Topliss-reactive ketones (excluding diaryl/α,β-unsaturated/α-hetero) is 1. The number of aliphatic hydroxyl groups is 1. The third-order valence-corrected chi connectivity index (χ3v) is 6.67. The quantitative estimate of drug-likeness (QED) is 0.430. The summed E-state index contributed by atoms with van der Waals surface area (Å²) in [5, 5.41) is 11.7. The maximum atomic E-state index is 13.7. The summed E-state index contributed by atoms with van der Waals surface area (Å²) < 4.78 is 5.91. The van der Waals surface area contributed by atoms with Gasteiger partial charge in [-0.25, -0.2) is 4.98 Å². The van der Waals surface area contributed by atoms with Crippen molar-refractivity contribution in [2.75, 3.05) is 11.5 Å². The second-order valence-corrected chi connectivity index (χ2v) is 10.1. The molecule has 0 aliphatic carbocycles. The number of aromatic nitrogens is 1. The number of hydrogen-bond donors (Lipinski definition) is 1. The van der Waals surface area contributed by atoms with E-state index in [0.29, 0.717) is 40.1 Å². The lowest BCUT2D eigenvalue weighted by atomic mass is 9.94. The van der Waals surface area contributed by atoms with Gasteiger partial charge < -0.3 is 9.84 Å². The highest BCUT2D eigenvalue weighted by atomic mass is 32.1. The summed E-state index contributed by atoms with van der Waals surface area (Å²) in [6.45, 7) is 10.2. The number of amides is 1. The molecular weight excluding hydrogens is 448 g/mol. The summed E-state index contributed by atoms with van der Waals surface area (Å²) in [7, 11) is 0. The van der Waals surface area contributed by atoms with Gasteiger partial charge in [0.15, 0.2) is 5.76 Å². The van der Waals surface area contributed by atoms with Crippen molar-refractivity contribution in [3.05, 3.63) is 86.6 Å². The first-order chi connectivity index (χ1) is 16.2. The minimum absolute atomic E-state index is 0.0549. The van der Waals surface area contributed by atoms with E-state index in [9.17, 15) is 14.7 Å². The fourth-order valence-corrected chi connectivity index (χ4v) is 4.97. The highest BCUT2D eigenvalue weighted by Gasteiger charge is 2.45. The van der Waals surface area contributed by atoms with E-state index in [1.54, 1.807) is 13.0 Å². The van der Waals surface area contributed by atoms with Crippen LogP contribution in [0.1, 0.15) is 51.4 Å². The molecule has 3 aromatic rings. The number of aliphatic hydroxyl groups excluding tert-OH is 1. The Morgan fingerprint density at radius 1 is 1.15 bits per heavy atom. The monoisotopic (exact) mass is 476 g/mol. The molecule has 6 nitrogen and oxygen atoms in total. The SMILES string of the molecule is Cc1cccc(N2C(=O)C(O)=C(C(=O)c3sc(C)nc3C)C2c2cccc(OCC(C)C)c2)c1. The van der Waals surface area contributed by atoms with Crippen LogP contribution in [-0.4, -0.2) is 28.4 Å². The zero-order chi connectivity index (χ0) is 24.6. The van der Waals surface area contributed by atoms with Gasteiger partial charge in [0.05, 0.1) is 33.8 Å². The van der Waals surface area contributed by atoms with Gasteiger partial charge in [0, 0.05) is 5.69 Å². The van der Waals surface area contributed by atoms with Crippen molar-refractivity contribution in [1.82, 2.24) is 4.98 Å². The average Bonchev–Trinajstić information content (AvgIpc) is 3.27. The number of ketones is 1. The van der Waals surface area contributed by atoms with Gasteiger partial charge in [-0.2, -0.15) is 0 Å². The van der Waals surface area contributed by atoms with E-state index in [0.717, 1.165) is 10.6 Å². The van der Waals surface area contributed by atoms with Crippen molar-refractivity contribution in [1.29, 1.82) is 0 Å². The molecule has 0 saturated carbocycles. The van der Waals surface area contributed by atoms with Gasteiger partial charge in [-0.1, -0.05) is 38.1 Å². The molecule has 1 unspecified atom stereocenters. The molecule has 1 amide bonds. The average molecular weight is 477 g/mol. The molecule has 1 aromatic heterocycles. The van der Waals surface area contributed by atoms with Crippen molar-refractivity contribution >= 4 is 28.7 Å². The van der Waals surface area contributed by atoms with E-state index < -0.39 is 17.7 Å². The van der Waals surface area contributed by atoms with Crippen LogP contribution in [-0.2, 0) is 4.79 Å². The number of anilines is 1. The maximum Gasteiger partial charge on any atom is 0.294 e. The van der Waals surface area contributed by atoms with Crippen LogP contribution < -0.4 is 9.64 Å². The molecule has 2 aromatic carbocycles. The Balaban J connectivity index is 1.86. The number of thiazole rings is 1. The van der Waals surface area contributed by atoms with E-state index in [4.69, 9.17) is 4.74 Å². The first-order valence-corrected chi connectivity index (χ1v) is 12.0. The van der Waals surface area contributed by atoms with Crippen molar-refractivity contribution in [2.24, 2.45) is 5.92 Å². The zero-order valence-corrected chi connectivity index (χ0v) is 20.8. The lowest BCUT2D eigenvalue weighted by Gasteiger charge is -2.27. The fraction of sp³-hybridized carbons (Fsp3) is 0.296. The van der Waals surface area contributed by atoms with Gasteiger partial charge in [0.2, 0.25) is 5.78 Å². The van der Waals surface area contributed by atoms with E-state index in [-0.39, 0.29) is 11.4 Å². The summed E-state index contributed by atoms with van der Waals surface area (Å²) in [5.74, 6) is -0.533. The number of carbonyl (C=O) groups excluding carboxylic acids is 2. The van der Waals surface area contributed by atoms with Crippen LogP contribution in [0.5, 0.6) is 5.75 Å². The van der Waals surface area contributed by atoms with Gasteiger partial charge >= 0.3 is 0 Å². The van der Waals surface area contributed by atoms with Crippen molar-refractivity contribution < 1.29 is 19.4 Å². The summed E-state index contributed by atoms with van der Waals surface area (Å²) in [6, 6.07) is 14.0. The first-order valence-electron chi connectivity index (χ1n) is 11.2. The largest absolute Gasteiger partial charge is 0.503 e. The summed E-state index contributed by atoms with van der Waals surface area (Å²) in [6.07, 6.45) is 0. The summed E-state index contributed by atoms with van der Waals surface area (Å²) >= 11 is 1.26. The molecule has 0 bridgehead atoms. The van der Waals surface area contributed by atoms with Crippen LogP contribution in [0.4, 0.5) is 5.69 Å². The Kier molecular flexibility index (Phi) is 6.57. The molecule has 176 valence electrons. The van der Waals surface area contributed by atoms with E-state index >= 15 is 0 Å². The Morgan fingerprint density at radius 2 is 1.88 bits per heavy atom. The molecule has 1 aliphatic heterocycles. The second-order valence-electron chi connectivity index (χ2n) is 8.93. The normalized spacial score (nSPS) is 16.0. The van der Waals surface area contributed by atoms with E-state index in [2.05, 4.69) is 18.8 Å². The number of nitrogens with zero attached hydrogens (tertiary/aromatic N) is 2. The van der Waals surface area contributed by atoms with Gasteiger partial charge in [-0.15, -0.1) is 11.3 Å². The van der Waals surface area contributed by atoms with Crippen LogP contribution in [0.15, 0.2) is 59.9 Å².